The lowest BCUT2D eigenvalue weighted by molar-refractivity contribution is -0.121. The Balaban J connectivity index is 1.59. The Morgan fingerprint density at radius 1 is 1.14 bits per heavy atom. The molecule has 148 valence electrons. The van der Waals surface area contributed by atoms with Crippen LogP contribution < -0.4 is 10.2 Å². The SMILES string of the molecule is CN1C(=O)C(C)(C)c2cc(-c3csc(NC(=O)c4ccc(F)c(F)c4)n3)ccc21. The number of fused-ring (bicyclic) bond motifs is 1. The second kappa shape index (κ2) is 6.73. The molecule has 0 fully saturated rings. The van der Waals surface area contributed by atoms with Crippen LogP contribution >= 0.6 is 11.3 Å². The third-order valence-corrected chi connectivity index (χ3v) is 5.83. The molecular formula is C21H17F2N3O2S. The Labute approximate surface area is 170 Å². The summed E-state index contributed by atoms with van der Waals surface area (Å²) in [4.78, 5) is 30.8. The number of halogens is 2. The fraction of sp³-hybridized carbons (Fsp3) is 0.190. The first-order chi connectivity index (χ1) is 13.7. The number of carbonyl (C=O) groups excluding carboxylic acids is 2. The highest BCUT2D eigenvalue weighted by Crippen LogP contribution is 2.42. The number of benzene rings is 2. The largest absolute Gasteiger partial charge is 0.314 e. The van der Waals surface area contributed by atoms with Crippen molar-refractivity contribution in [3.8, 4) is 11.3 Å². The second-order valence-corrected chi connectivity index (χ2v) is 8.20. The van der Waals surface area contributed by atoms with E-state index in [1.165, 1.54) is 17.4 Å². The molecule has 1 N–H and O–H groups in total. The van der Waals surface area contributed by atoms with Gasteiger partial charge in [0.25, 0.3) is 5.91 Å². The van der Waals surface area contributed by atoms with Gasteiger partial charge in [0, 0.05) is 29.2 Å². The van der Waals surface area contributed by atoms with E-state index in [1.807, 2.05) is 32.0 Å². The van der Waals surface area contributed by atoms with Crippen molar-refractivity contribution >= 4 is 34.0 Å². The fourth-order valence-corrected chi connectivity index (χ4v) is 4.12. The topological polar surface area (TPSA) is 62.3 Å². The van der Waals surface area contributed by atoms with E-state index >= 15 is 0 Å². The van der Waals surface area contributed by atoms with Crippen LogP contribution in [0.25, 0.3) is 11.3 Å². The molecule has 0 aliphatic carbocycles. The highest BCUT2D eigenvalue weighted by molar-refractivity contribution is 7.14. The molecule has 0 atom stereocenters. The summed E-state index contributed by atoms with van der Waals surface area (Å²) >= 11 is 1.22. The van der Waals surface area contributed by atoms with Crippen LogP contribution in [-0.4, -0.2) is 23.8 Å². The first-order valence-corrected chi connectivity index (χ1v) is 9.71. The Morgan fingerprint density at radius 3 is 2.62 bits per heavy atom. The van der Waals surface area contributed by atoms with Crippen molar-refractivity contribution in [2.45, 2.75) is 19.3 Å². The molecular weight excluding hydrogens is 396 g/mol. The predicted octanol–water partition coefficient (Wildman–Crippen LogP) is 4.59. The number of likely N-dealkylation sites (N-methyl/N-ethyl adjacent to an activating group) is 1. The van der Waals surface area contributed by atoms with E-state index in [0.717, 1.165) is 28.9 Å². The minimum Gasteiger partial charge on any atom is -0.314 e. The van der Waals surface area contributed by atoms with Crippen molar-refractivity contribution in [3.05, 3.63) is 64.5 Å². The van der Waals surface area contributed by atoms with Gasteiger partial charge in [0.05, 0.1) is 11.1 Å². The zero-order valence-corrected chi connectivity index (χ0v) is 16.7. The predicted molar refractivity (Wildman–Crippen MR) is 108 cm³/mol. The van der Waals surface area contributed by atoms with Gasteiger partial charge in [-0.2, -0.15) is 0 Å². The van der Waals surface area contributed by atoms with Crippen LogP contribution in [0.5, 0.6) is 0 Å². The molecule has 0 spiro atoms. The number of anilines is 2. The van der Waals surface area contributed by atoms with Gasteiger partial charge >= 0.3 is 0 Å². The van der Waals surface area contributed by atoms with E-state index in [0.29, 0.717) is 10.8 Å². The van der Waals surface area contributed by atoms with Gasteiger partial charge in [0.1, 0.15) is 0 Å². The molecule has 1 aliphatic rings. The Bertz CT molecular complexity index is 1160. The molecule has 1 aromatic heterocycles. The lowest BCUT2D eigenvalue weighted by atomic mass is 9.85. The summed E-state index contributed by atoms with van der Waals surface area (Å²) in [6.45, 7) is 3.77. The van der Waals surface area contributed by atoms with Crippen LogP contribution in [-0.2, 0) is 10.2 Å². The first kappa shape index (κ1) is 19.2. The number of aromatic nitrogens is 1. The molecule has 0 saturated carbocycles. The number of carbonyl (C=O) groups is 2. The normalized spacial score (nSPS) is 14.8. The van der Waals surface area contributed by atoms with E-state index < -0.39 is 23.0 Å². The van der Waals surface area contributed by atoms with E-state index in [2.05, 4.69) is 10.3 Å². The van der Waals surface area contributed by atoms with E-state index in [-0.39, 0.29) is 11.5 Å². The van der Waals surface area contributed by atoms with Crippen LogP contribution in [0.2, 0.25) is 0 Å². The molecule has 0 bridgehead atoms. The van der Waals surface area contributed by atoms with Gasteiger partial charge < -0.3 is 4.90 Å². The molecule has 0 unspecified atom stereocenters. The van der Waals surface area contributed by atoms with Crippen molar-refractivity contribution in [2.75, 3.05) is 17.3 Å². The standard InChI is InChI=1S/C21H17F2N3O2S/c1-21(2)13-8-11(5-7-17(13)26(3)19(21)28)16-10-29-20(24-16)25-18(27)12-4-6-14(22)15(23)9-12/h4-10H,1-3H3,(H,24,25,27). The average molecular weight is 413 g/mol. The Kier molecular flexibility index (Phi) is 4.46. The highest BCUT2D eigenvalue weighted by atomic mass is 32.1. The van der Waals surface area contributed by atoms with Crippen molar-refractivity contribution in [3.63, 3.8) is 0 Å². The van der Waals surface area contributed by atoms with Gasteiger partial charge in [0.15, 0.2) is 16.8 Å². The fourth-order valence-electron chi connectivity index (χ4n) is 3.40. The summed E-state index contributed by atoms with van der Waals surface area (Å²) in [6, 6.07) is 8.65. The van der Waals surface area contributed by atoms with E-state index in [9.17, 15) is 18.4 Å². The van der Waals surface area contributed by atoms with Gasteiger partial charge in [-0.3, -0.25) is 14.9 Å². The quantitative estimate of drug-likeness (QED) is 0.683. The molecule has 5 nitrogen and oxygen atoms in total. The average Bonchev–Trinajstić information content (AvgIpc) is 3.22. The smallest absolute Gasteiger partial charge is 0.257 e. The molecule has 0 radical (unpaired) electrons. The van der Waals surface area contributed by atoms with E-state index in [1.54, 1.807) is 17.3 Å². The Morgan fingerprint density at radius 2 is 1.90 bits per heavy atom. The van der Waals surface area contributed by atoms with Crippen molar-refractivity contribution in [2.24, 2.45) is 0 Å². The number of nitrogens with one attached hydrogen (secondary N) is 1. The third kappa shape index (κ3) is 3.19. The number of thiazole rings is 1. The minimum absolute atomic E-state index is 0.00137. The summed E-state index contributed by atoms with van der Waals surface area (Å²) < 4.78 is 26.4. The number of nitrogens with zero attached hydrogens (tertiary/aromatic N) is 2. The maximum absolute atomic E-state index is 13.3. The highest BCUT2D eigenvalue weighted by Gasteiger charge is 2.42. The molecule has 2 heterocycles. The molecule has 29 heavy (non-hydrogen) atoms. The minimum atomic E-state index is -1.09. The number of rotatable bonds is 3. The molecule has 2 amide bonds. The summed E-state index contributed by atoms with van der Waals surface area (Å²) in [7, 11) is 1.75. The molecule has 2 aromatic carbocycles. The van der Waals surface area contributed by atoms with Gasteiger partial charge in [-0.05, 0) is 49.7 Å². The lowest BCUT2D eigenvalue weighted by Crippen LogP contribution is -2.33. The zero-order valence-electron chi connectivity index (χ0n) is 15.9. The monoisotopic (exact) mass is 413 g/mol. The molecule has 1 aliphatic heterocycles. The van der Waals surface area contributed by atoms with Crippen molar-refractivity contribution in [1.29, 1.82) is 0 Å². The van der Waals surface area contributed by atoms with Crippen LogP contribution in [0.15, 0.2) is 41.8 Å². The summed E-state index contributed by atoms with van der Waals surface area (Å²) in [5.74, 6) is -2.64. The molecule has 8 heteroatoms. The second-order valence-electron chi connectivity index (χ2n) is 7.34. The van der Waals surface area contributed by atoms with Crippen LogP contribution in [0.1, 0.15) is 29.8 Å². The number of hydrogen-bond acceptors (Lipinski definition) is 4. The zero-order chi connectivity index (χ0) is 20.9. The van der Waals surface area contributed by atoms with Crippen LogP contribution in [0.4, 0.5) is 19.6 Å². The maximum atomic E-state index is 13.3. The molecule has 4 rings (SSSR count). The number of amides is 2. The van der Waals surface area contributed by atoms with Gasteiger partial charge in [-0.15, -0.1) is 11.3 Å². The van der Waals surface area contributed by atoms with Crippen molar-refractivity contribution < 1.29 is 18.4 Å². The molecule has 0 saturated heterocycles. The van der Waals surface area contributed by atoms with Crippen LogP contribution in [0, 0.1) is 11.6 Å². The summed E-state index contributed by atoms with van der Waals surface area (Å²) in [5, 5.41) is 4.72. The lowest BCUT2D eigenvalue weighted by Gasteiger charge is -2.16. The van der Waals surface area contributed by atoms with Gasteiger partial charge in [-0.25, -0.2) is 13.8 Å². The Hall–Kier alpha value is -3.13. The van der Waals surface area contributed by atoms with Crippen molar-refractivity contribution in [1.82, 2.24) is 4.98 Å². The van der Waals surface area contributed by atoms with Gasteiger partial charge in [0.2, 0.25) is 5.91 Å². The first-order valence-electron chi connectivity index (χ1n) is 8.83. The van der Waals surface area contributed by atoms with Gasteiger partial charge in [-0.1, -0.05) is 6.07 Å². The number of hydrogen-bond donors (Lipinski definition) is 1. The van der Waals surface area contributed by atoms with Crippen LogP contribution in [0.3, 0.4) is 0 Å². The summed E-state index contributed by atoms with van der Waals surface area (Å²) in [6.07, 6.45) is 0. The third-order valence-electron chi connectivity index (χ3n) is 5.07. The summed E-state index contributed by atoms with van der Waals surface area (Å²) in [5.41, 5.74) is 2.63. The maximum Gasteiger partial charge on any atom is 0.257 e. The molecule has 3 aromatic rings. The van der Waals surface area contributed by atoms with E-state index in [4.69, 9.17) is 0 Å².